The number of carbonyl (C=O) groups is 1. The summed E-state index contributed by atoms with van der Waals surface area (Å²) in [6, 6.07) is 16.8. The highest BCUT2D eigenvalue weighted by Crippen LogP contribution is 2.35. The van der Waals surface area contributed by atoms with Crippen LogP contribution in [-0.4, -0.2) is 32.3 Å². The molecule has 1 fully saturated rings. The number of halogens is 3. The van der Waals surface area contributed by atoms with E-state index in [9.17, 15) is 22.0 Å². The van der Waals surface area contributed by atoms with E-state index in [-0.39, 0.29) is 11.6 Å². The maximum atomic E-state index is 13.4. The van der Waals surface area contributed by atoms with E-state index in [1.165, 1.54) is 5.41 Å². The van der Waals surface area contributed by atoms with Gasteiger partial charge in [-0.25, -0.2) is 17.2 Å². The van der Waals surface area contributed by atoms with Gasteiger partial charge < -0.3 is 5.73 Å². The predicted octanol–water partition coefficient (Wildman–Crippen LogP) is 4.62. The summed E-state index contributed by atoms with van der Waals surface area (Å²) in [6.45, 7) is 0.781. The predicted molar refractivity (Wildman–Crippen MR) is 127 cm³/mol. The molecule has 1 heterocycles. The van der Waals surface area contributed by atoms with Crippen molar-refractivity contribution in [3.8, 4) is 0 Å². The first-order chi connectivity index (χ1) is 16.1. The molecule has 176 valence electrons. The molecule has 3 aromatic rings. The number of primary amides is 1. The smallest absolute Gasteiger partial charge is 0.248 e. The molecular weight excluding hydrogens is 482 g/mol. The van der Waals surface area contributed by atoms with Crippen molar-refractivity contribution < 1.29 is 22.0 Å². The molecule has 9 heteroatoms. The summed E-state index contributed by atoms with van der Waals surface area (Å²) >= 11 is 6.04. The van der Waals surface area contributed by atoms with E-state index in [0.717, 1.165) is 23.3 Å². The van der Waals surface area contributed by atoms with Crippen LogP contribution in [0.1, 0.15) is 33.1 Å². The Balaban J connectivity index is 1.54. The van der Waals surface area contributed by atoms with Gasteiger partial charge in [-0.05, 0) is 58.7 Å². The summed E-state index contributed by atoms with van der Waals surface area (Å²) in [5.41, 5.74) is 8.33. The number of benzene rings is 3. The second-order valence-electron chi connectivity index (χ2n) is 8.21. The minimum atomic E-state index is -3.72. The Morgan fingerprint density at radius 1 is 0.971 bits per heavy atom. The first kappa shape index (κ1) is 24.1. The maximum Gasteiger partial charge on any atom is 0.248 e. The quantitative estimate of drug-likeness (QED) is 0.511. The fourth-order valence-corrected chi connectivity index (χ4v) is 5.54. The number of amides is 1. The third-order valence-corrected chi connectivity index (χ3v) is 7.19. The first-order valence-corrected chi connectivity index (χ1v) is 12.5. The molecule has 0 saturated carbocycles. The van der Waals surface area contributed by atoms with Crippen molar-refractivity contribution in [3.63, 3.8) is 0 Å². The van der Waals surface area contributed by atoms with Gasteiger partial charge in [-0.1, -0.05) is 35.9 Å². The highest BCUT2D eigenvalue weighted by Gasteiger charge is 2.31. The van der Waals surface area contributed by atoms with E-state index >= 15 is 0 Å². The molecule has 0 aromatic heterocycles. The fraction of sp³-hybridized carbons (Fsp3) is 0.160. The van der Waals surface area contributed by atoms with Gasteiger partial charge in [0.05, 0.1) is 11.8 Å². The van der Waals surface area contributed by atoms with E-state index in [2.05, 4.69) is 4.90 Å². The third kappa shape index (κ3) is 5.70. The monoisotopic (exact) mass is 502 g/mol. The zero-order valence-electron chi connectivity index (χ0n) is 17.9. The Bertz CT molecular complexity index is 1330. The first-order valence-electron chi connectivity index (χ1n) is 10.4. The Kier molecular flexibility index (Phi) is 6.84. The minimum absolute atomic E-state index is 0.0547. The molecule has 3 aromatic carbocycles. The number of nitrogens with two attached hydrogens (primary N) is 1. The molecule has 0 aliphatic carbocycles. The Morgan fingerprint density at radius 3 is 2.03 bits per heavy atom. The van der Waals surface area contributed by atoms with E-state index < -0.39 is 33.1 Å². The Hall–Kier alpha value is -3.07. The van der Waals surface area contributed by atoms with Crippen LogP contribution >= 0.6 is 11.6 Å². The normalized spacial score (nSPS) is 15.0. The van der Waals surface area contributed by atoms with Crippen LogP contribution in [0.4, 0.5) is 8.78 Å². The minimum Gasteiger partial charge on any atom is -0.366 e. The van der Waals surface area contributed by atoms with Crippen LogP contribution in [0.2, 0.25) is 5.02 Å². The number of likely N-dealkylation sites (tertiary alicyclic amines) is 1. The second-order valence-corrected chi connectivity index (χ2v) is 10.5. The lowest BCUT2D eigenvalue weighted by Gasteiger charge is -2.41. The van der Waals surface area contributed by atoms with E-state index in [0.29, 0.717) is 35.3 Å². The van der Waals surface area contributed by atoms with Gasteiger partial charge in [-0.15, -0.1) is 0 Å². The summed E-state index contributed by atoms with van der Waals surface area (Å²) in [6.07, 6.45) is 0. The average molecular weight is 503 g/mol. The molecule has 2 N–H and O–H groups in total. The van der Waals surface area contributed by atoms with Crippen molar-refractivity contribution in [2.75, 3.05) is 13.1 Å². The molecule has 1 atom stereocenters. The summed E-state index contributed by atoms with van der Waals surface area (Å²) in [7, 11) is -3.72. The van der Waals surface area contributed by atoms with E-state index in [4.69, 9.17) is 17.3 Å². The van der Waals surface area contributed by atoms with Crippen molar-refractivity contribution in [1.29, 1.82) is 0 Å². The molecule has 1 unspecified atom stereocenters. The summed E-state index contributed by atoms with van der Waals surface area (Å²) < 4.78 is 52.0. The lowest BCUT2D eigenvalue weighted by atomic mass is 9.92. The molecule has 0 spiro atoms. The molecule has 1 amide bonds. The summed E-state index contributed by atoms with van der Waals surface area (Å²) in [5, 5.41) is 1.78. The van der Waals surface area contributed by atoms with Crippen LogP contribution in [0, 0.1) is 11.6 Å². The van der Waals surface area contributed by atoms with Gasteiger partial charge in [-0.3, -0.25) is 9.69 Å². The number of carbonyl (C=O) groups excluding carboxylic acids is 1. The molecule has 1 aliphatic rings. The van der Waals surface area contributed by atoms with Gasteiger partial charge in [-0.2, -0.15) is 0 Å². The van der Waals surface area contributed by atoms with Gasteiger partial charge in [0.25, 0.3) is 0 Å². The zero-order valence-corrected chi connectivity index (χ0v) is 19.5. The lowest BCUT2D eigenvalue weighted by molar-refractivity contribution is 0.1000. The molecule has 1 aliphatic heterocycles. The SMILES string of the molecule is NC(=O)c1ccc(C(c2ccc(Cl)cc2)N2CC(=CS(=O)(=O)Cc3cc(F)cc(F)c3)C2)cc1. The van der Waals surface area contributed by atoms with Crippen molar-refractivity contribution in [1.82, 2.24) is 4.90 Å². The van der Waals surface area contributed by atoms with Crippen LogP contribution in [0.15, 0.2) is 77.7 Å². The second kappa shape index (κ2) is 9.66. The Morgan fingerprint density at radius 2 is 1.50 bits per heavy atom. The van der Waals surface area contributed by atoms with Crippen molar-refractivity contribution in [2.45, 2.75) is 11.8 Å². The van der Waals surface area contributed by atoms with Crippen molar-refractivity contribution in [2.24, 2.45) is 5.73 Å². The Labute approximate surface area is 201 Å². The van der Waals surface area contributed by atoms with Crippen LogP contribution in [-0.2, 0) is 15.6 Å². The highest BCUT2D eigenvalue weighted by atomic mass is 35.5. The van der Waals surface area contributed by atoms with Gasteiger partial charge in [0.1, 0.15) is 11.6 Å². The third-order valence-electron chi connectivity index (χ3n) is 5.51. The van der Waals surface area contributed by atoms with Crippen molar-refractivity contribution >= 4 is 27.3 Å². The maximum absolute atomic E-state index is 13.4. The van der Waals surface area contributed by atoms with Crippen LogP contribution in [0.25, 0.3) is 0 Å². The fourth-order valence-electron chi connectivity index (χ4n) is 4.04. The molecule has 34 heavy (non-hydrogen) atoms. The molecule has 0 radical (unpaired) electrons. The van der Waals surface area contributed by atoms with Gasteiger partial charge in [0.2, 0.25) is 5.91 Å². The molecule has 5 nitrogen and oxygen atoms in total. The van der Waals surface area contributed by atoms with Crippen LogP contribution < -0.4 is 5.73 Å². The number of sulfone groups is 1. The molecular formula is C25H21ClF2N2O3S. The van der Waals surface area contributed by atoms with Crippen LogP contribution in [0.3, 0.4) is 0 Å². The topological polar surface area (TPSA) is 80.5 Å². The molecule has 0 bridgehead atoms. The number of rotatable bonds is 7. The summed E-state index contributed by atoms with van der Waals surface area (Å²) in [5.74, 6) is -2.64. The zero-order chi connectivity index (χ0) is 24.5. The summed E-state index contributed by atoms with van der Waals surface area (Å²) in [4.78, 5) is 13.5. The molecule has 4 rings (SSSR count). The van der Waals surface area contributed by atoms with E-state index in [1.807, 2.05) is 24.3 Å². The van der Waals surface area contributed by atoms with Gasteiger partial charge >= 0.3 is 0 Å². The van der Waals surface area contributed by atoms with E-state index in [1.54, 1.807) is 24.3 Å². The van der Waals surface area contributed by atoms with Gasteiger partial charge in [0.15, 0.2) is 9.84 Å². The largest absolute Gasteiger partial charge is 0.366 e. The molecule has 1 saturated heterocycles. The number of nitrogens with zero attached hydrogens (tertiary/aromatic N) is 1. The number of hydrogen-bond donors (Lipinski definition) is 1. The number of hydrogen-bond acceptors (Lipinski definition) is 4. The average Bonchev–Trinajstić information content (AvgIpc) is 2.72. The standard InChI is InChI=1S/C25H21ClF2N2O3S/c26-21-7-5-19(6-8-21)24(18-1-3-20(4-2-18)25(29)31)30-12-17(13-30)15-34(32,33)14-16-9-22(27)11-23(28)10-16/h1-11,15,24H,12-14H2,(H2,29,31). The van der Waals surface area contributed by atoms with Gasteiger partial charge in [0, 0.05) is 35.2 Å². The van der Waals surface area contributed by atoms with Crippen molar-refractivity contribution in [3.05, 3.63) is 117 Å². The van der Waals surface area contributed by atoms with Crippen LogP contribution in [0.5, 0.6) is 0 Å². The lowest BCUT2D eigenvalue weighted by Crippen LogP contribution is -2.43. The highest BCUT2D eigenvalue weighted by molar-refractivity contribution is 7.93.